The summed E-state index contributed by atoms with van der Waals surface area (Å²) in [6, 6.07) is 0. The molecule has 0 saturated heterocycles. The van der Waals surface area contributed by atoms with Crippen molar-refractivity contribution in [2.45, 2.75) is 27.2 Å². The van der Waals surface area contributed by atoms with Crippen molar-refractivity contribution in [1.82, 2.24) is 0 Å². The standard InChI is InChI=1S/C8H15.CH3.Y/c1-4-8-5-6(2)7(8)3;;/h5-8H,4H2,1-3H3;1H3;/q2*-1;/t6?,7-,8?;;/m0../s1. The van der Waals surface area contributed by atoms with Crippen molar-refractivity contribution < 1.29 is 32.7 Å². The molecule has 59 valence electrons. The van der Waals surface area contributed by atoms with Crippen LogP contribution in [-0.2, 0) is 32.7 Å². The second-order valence-electron chi connectivity index (χ2n) is 2.98. The smallest absolute Gasteiger partial charge is 0 e. The normalized spacial score (nSPS) is 36.9. The summed E-state index contributed by atoms with van der Waals surface area (Å²) >= 11 is 0. The van der Waals surface area contributed by atoms with Crippen LogP contribution in [0.25, 0.3) is 0 Å². The first kappa shape index (κ1) is 13.7. The fraction of sp³-hybridized carbons (Fsp3) is 0.778. The van der Waals surface area contributed by atoms with Crippen LogP contribution in [0.15, 0.2) is 0 Å². The van der Waals surface area contributed by atoms with E-state index in [1.165, 1.54) is 6.42 Å². The van der Waals surface area contributed by atoms with Crippen molar-refractivity contribution in [2.75, 3.05) is 0 Å². The molecule has 1 saturated carbocycles. The molecule has 0 N–H and O–H groups in total. The summed E-state index contributed by atoms with van der Waals surface area (Å²) in [4.78, 5) is 0. The van der Waals surface area contributed by atoms with Crippen molar-refractivity contribution in [3.8, 4) is 0 Å². The van der Waals surface area contributed by atoms with Crippen LogP contribution in [0.1, 0.15) is 27.2 Å². The molecule has 0 bridgehead atoms. The maximum Gasteiger partial charge on any atom is 0 e. The average Bonchev–Trinajstić information content (AvgIpc) is 1.81. The van der Waals surface area contributed by atoms with Crippen molar-refractivity contribution in [2.24, 2.45) is 17.8 Å². The van der Waals surface area contributed by atoms with E-state index < -0.39 is 0 Å². The van der Waals surface area contributed by atoms with Crippen LogP contribution >= 0.6 is 0 Å². The Morgan fingerprint density at radius 2 is 1.80 bits per heavy atom. The van der Waals surface area contributed by atoms with Crippen LogP contribution in [-0.4, -0.2) is 0 Å². The van der Waals surface area contributed by atoms with Crippen LogP contribution < -0.4 is 0 Å². The third-order valence-corrected chi connectivity index (χ3v) is 2.53. The molecule has 0 heterocycles. The van der Waals surface area contributed by atoms with Gasteiger partial charge in [0.1, 0.15) is 0 Å². The summed E-state index contributed by atoms with van der Waals surface area (Å²) in [5.41, 5.74) is 0. The van der Waals surface area contributed by atoms with Crippen LogP contribution in [0, 0.1) is 31.6 Å². The molecule has 1 fully saturated rings. The first-order valence-corrected chi connectivity index (χ1v) is 3.60. The Morgan fingerprint density at radius 3 is 1.90 bits per heavy atom. The van der Waals surface area contributed by atoms with Crippen LogP contribution in [0.4, 0.5) is 0 Å². The molecule has 2 unspecified atom stereocenters. The van der Waals surface area contributed by atoms with E-state index in [2.05, 4.69) is 27.2 Å². The summed E-state index contributed by atoms with van der Waals surface area (Å²) in [6.45, 7) is 6.92. The van der Waals surface area contributed by atoms with Gasteiger partial charge < -0.3 is 13.8 Å². The van der Waals surface area contributed by atoms with Gasteiger partial charge in [0.25, 0.3) is 0 Å². The maximum absolute atomic E-state index is 2.46. The van der Waals surface area contributed by atoms with E-state index >= 15 is 0 Å². The molecule has 0 aromatic rings. The predicted molar refractivity (Wildman–Crippen MR) is 42.8 cm³/mol. The summed E-state index contributed by atoms with van der Waals surface area (Å²) in [7, 11) is 0. The summed E-state index contributed by atoms with van der Waals surface area (Å²) in [5, 5.41) is 0. The van der Waals surface area contributed by atoms with E-state index in [0.29, 0.717) is 0 Å². The van der Waals surface area contributed by atoms with Crippen molar-refractivity contribution in [3.05, 3.63) is 13.8 Å². The minimum atomic E-state index is 0. The molecule has 0 aliphatic heterocycles. The molecular weight excluding hydrogens is 197 g/mol. The predicted octanol–water partition coefficient (Wildman–Crippen LogP) is 2.95. The molecule has 0 nitrogen and oxygen atoms in total. The first-order chi connectivity index (χ1) is 3.75. The largest absolute Gasteiger partial charge is 0.358 e. The fourth-order valence-corrected chi connectivity index (χ4v) is 1.49. The Balaban J connectivity index is 0. The van der Waals surface area contributed by atoms with Crippen molar-refractivity contribution >= 4 is 0 Å². The molecule has 0 aromatic heterocycles. The maximum atomic E-state index is 2.46. The van der Waals surface area contributed by atoms with Gasteiger partial charge in [-0.15, -0.1) is 0 Å². The SMILES string of the molecule is CCC1[CH-]C(C)[C@@H]1C.[CH3-].[Y]. The second-order valence-corrected chi connectivity index (χ2v) is 2.98. The molecule has 10 heavy (non-hydrogen) atoms. The van der Waals surface area contributed by atoms with Gasteiger partial charge in [-0.1, -0.05) is 33.1 Å². The van der Waals surface area contributed by atoms with Crippen LogP contribution in [0.2, 0.25) is 0 Å². The minimum Gasteiger partial charge on any atom is -0.358 e. The van der Waals surface area contributed by atoms with Gasteiger partial charge in [-0.25, -0.2) is 0 Å². The molecule has 0 amide bonds. The Kier molecular flexibility index (Phi) is 7.82. The van der Waals surface area contributed by atoms with Gasteiger partial charge in [0.05, 0.1) is 0 Å². The first-order valence-electron chi connectivity index (χ1n) is 3.60. The van der Waals surface area contributed by atoms with Gasteiger partial charge in [-0.3, -0.25) is 0 Å². The number of hydrogen-bond acceptors (Lipinski definition) is 0. The van der Waals surface area contributed by atoms with Gasteiger partial charge in [0.2, 0.25) is 0 Å². The molecule has 0 spiro atoms. The molecule has 1 heteroatoms. The van der Waals surface area contributed by atoms with Crippen LogP contribution in [0.5, 0.6) is 0 Å². The van der Waals surface area contributed by atoms with Crippen molar-refractivity contribution in [3.63, 3.8) is 0 Å². The summed E-state index contributed by atoms with van der Waals surface area (Å²) < 4.78 is 0. The van der Waals surface area contributed by atoms with E-state index in [1.54, 1.807) is 0 Å². The topological polar surface area (TPSA) is 0 Å². The Labute approximate surface area is 91.0 Å². The minimum absolute atomic E-state index is 0. The summed E-state index contributed by atoms with van der Waals surface area (Å²) in [6.07, 6.45) is 3.80. The third-order valence-electron chi connectivity index (χ3n) is 2.53. The average molecular weight is 215 g/mol. The van der Waals surface area contributed by atoms with E-state index in [4.69, 9.17) is 0 Å². The monoisotopic (exact) mass is 215 g/mol. The van der Waals surface area contributed by atoms with Crippen molar-refractivity contribution in [1.29, 1.82) is 0 Å². The Hall–Kier alpha value is 1.10. The molecule has 1 radical (unpaired) electrons. The summed E-state index contributed by atoms with van der Waals surface area (Å²) in [5.74, 6) is 2.78. The molecular formula is C9H18Y-2. The third kappa shape index (κ3) is 2.62. The molecule has 1 rings (SSSR count). The zero-order chi connectivity index (χ0) is 6.15. The van der Waals surface area contributed by atoms with E-state index in [-0.39, 0.29) is 40.1 Å². The quantitative estimate of drug-likeness (QED) is 0.590. The fourth-order valence-electron chi connectivity index (χ4n) is 1.49. The second kappa shape index (κ2) is 5.72. The molecule has 1 aliphatic rings. The van der Waals surface area contributed by atoms with E-state index in [9.17, 15) is 0 Å². The zero-order valence-electron chi connectivity index (χ0n) is 7.59. The van der Waals surface area contributed by atoms with Gasteiger partial charge in [0.15, 0.2) is 0 Å². The van der Waals surface area contributed by atoms with E-state index in [0.717, 1.165) is 17.8 Å². The molecule has 0 aromatic carbocycles. The van der Waals surface area contributed by atoms with E-state index in [1.807, 2.05) is 0 Å². The van der Waals surface area contributed by atoms with Gasteiger partial charge in [-0.05, 0) is 0 Å². The van der Waals surface area contributed by atoms with Crippen LogP contribution in [0.3, 0.4) is 0 Å². The zero-order valence-corrected chi connectivity index (χ0v) is 10.4. The molecule has 3 atom stereocenters. The Morgan fingerprint density at radius 1 is 1.30 bits per heavy atom. The number of rotatable bonds is 1. The molecule has 1 aliphatic carbocycles. The van der Waals surface area contributed by atoms with Gasteiger partial charge in [0, 0.05) is 32.7 Å². The Bertz CT molecular complexity index is 80.8. The van der Waals surface area contributed by atoms with Gasteiger partial charge >= 0.3 is 0 Å². The number of hydrogen-bond donors (Lipinski definition) is 0. The van der Waals surface area contributed by atoms with Gasteiger partial charge in [-0.2, -0.15) is 11.8 Å².